The molecule has 1 aromatic carbocycles. The summed E-state index contributed by atoms with van der Waals surface area (Å²) in [4.78, 5) is 22.0. The number of aromatic nitrogens is 1. The number of anilines is 2. The van der Waals surface area contributed by atoms with Gasteiger partial charge in [0.15, 0.2) is 0 Å². The molecule has 2 aliphatic rings. The average Bonchev–Trinajstić information content (AvgIpc) is 3.30. The lowest BCUT2D eigenvalue weighted by Crippen LogP contribution is -2.40. The molecule has 0 amide bonds. The summed E-state index contributed by atoms with van der Waals surface area (Å²) >= 11 is 0. The predicted octanol–water partition coefficient (Wildman–Crippen LogP) is 2.36. The summed E-state index contributed by atoms with van der Waals surface area (Å²) in [5.41, 5.74) is 1.72. The molecular formula is C23H30N4O6S. The number of esters is 1. The number of fused-ring (bicyclic) bond motifs is 1. The monoisotopic (exact) mass is 490 g/mol. The van der Waals surface area contributed by atoms with E-state index in [0.29, 0.717) is 35.2 Å². The maximum Gasteiger partial charge on any atom is 0.342 e. The van der Waals surface area contributed by atoms with E-state index in [2.05, 4.69) is 14.8 Å². The fourth-order valence-corrected chi connectivity index (χ4v) is 4.88. The summed E-state index contributed by atoms with van der Waals surface area (Å²) in [5, 5.41) is 1.13. The number of hydrogen-bond acceptors (Lipinski definition) is 10. The second-order valence-electron chi connectivity index (χ2n) is 8.66. The first-order chi connectivity index (χ1) is 16.1. The second kappa shape index (κ2) is 9.40. The highest BCUT2D eigenvalue weighted by Gasteiger charge is 2.41. The Morgan fingerprint density at radius 1 is 1.29 bits per heavy atom. The number of carbonyl (C=O) groups excluding carboxylic acids is 1. The Hall–Kier alpha value is -2.89. The Kier molecular flexibility index (Phi) is 6.70. The van der Waals surface area contributed by atoms with Gasteiger partial charge in [-0.3, -0.25) is 0 Å². The van der Waals surface area contributed by atoms with Crippen LogP contribution in [0.2, 0.25) is 0 Å². The maximum absolute atomic E-state index is 13.2. The molecule has 0 spiro atoms. The van der Waals surface area contributed by atoms with Crippen LogP contribution in [0.4, 0.5) is 11.5 Å². The van der Waals surface area contributed by atoms with E-state index in [1.165, 1.54) is 7.11 Å². The molecule has 2 atom stereocenters. The van der Waals surface area contributed by atoms with Gasteiger partial charge in [0.1, 0.15) is 11.6 Å². The zero-order chi connectivity index (χ0) is 24.6. The number of rotatable bonds is 7. The van der Waals surface area contributed by atoms with E-state index >= 15 is 0 Å². The molecule has 1 saturated heterocycles. The van der Waals surface area contributed by atoms with Gasteiger partial charge in [-0.25, -0.2) is 9.78 Å². The van der Waals surface area contributed by atoms with Crippen LogP contribution in [-0.4, -0.2) is 70.9 Å². The Morgan fingerprint density at radius 2 is 2.06 bits per heavy atom. The third-order valence-corrected chi connectivity index (χ3v) is 6.59. The largest absolute Gasteiger partial charge is 0.497 e. The first kappa shape index (κ1) is 24.2. The van der Waals surface area contributed by atoms with Gasteiger partial charge in [0.25, 0.3) is 10.1 Å². The molecular weight excluding hydrogens is 460 g/mol. The van der Waals surface area contributed by atoms with Crippen molar-refractivity contribution in [1.82, 2.24) is 9.88 Å². The van der Waals surface area contributed by atoms with Crippen LogP contribution in [0.1, 0.15) is 41.1 Å². The highest BCUT2D eigenvalue weighted by molar-refractivity contribution is 7.86. The lowest BCUT2D eigenvalue weighted by atomic mass is 10.00. The average molecular weight is 491 g/mol. The van der Waals surface area contributed by atoms with Gasteiger partial charge in [-0.15, -0.1) is 4.28 Å². The fourth-order valence-electron chi connectivity index (χ4n) is 4.43. The van der Waals surface area contributed by atoms with Gasteiger partial charge in [-0.2, -0.15) is 13.5 Å². The van der Waals surface area contributed by atoms with Gasteiger partial charge in [-0.05, 0) is 50.7 Å². The molecule has 0 bridgehead atoms. The van der Waals surface area contributed by atoms with Crippen LogP contribution >= 0.6 is 0 Å². The van der Waals surface area contributed by atoms with Crippen molar-refractivity contribution in [2.45, 2.75) is 32.0 Å². The number of benzene rings is 1. The van der Waals surface area contributed by atoms with Crippen molar-refractivity contribution in [3.63, 3.8) is 0 Å². The number of pyridine rings is 1. The minimum Gasteiger partial charge on any atom is -0.497 e. The number of likely N-dealkylation sites (N-methyl/N-ethyl adjacent to an activating group) is 1. The van der Waals surface area contributed by atoms with Crippen LogP contribution in [0, 0.1) is 0 Å². The van der Waals surface area contributed by atoms with Crippen LogP contribution in [0.15, 0.2) is 30.5 Å². The summed E-state index contributed by atoms with van der Waals surface area (Å²) in [6, 6.07) is 7.17. The summed E-state index contributed by atoms with van der Waals surface area (Å²) in [6.07, 6.45) is 2.93. The highest BCUT2D eigenvalue weighted by Crippen LogP contribution is 2.43. The van der Waals surface area contributed by atoms with Crippen molar-refractivity contribution in [2.24, 2.45) is 0 Å². The third-order valence-electron chi connectivity index (χ3n) is 6.15. The first-order valence-corrected chi connectivity index (χ1v) is 12.9. The van der Waals surface area contributed by atoms with Gasteiger partial charge < -0.3 is 19.3 Å². The Bertz CT molecular complexity index is 1190. The van der Waals surface area contributed by atoms with Crippen LogP contribution in [0.5, 0.6) is 5.75 Å². The molecule has 0 radical (unpaired) electrons. The van der Waals surface area contributed by atoms with E-state index in [1.807, 2.05) is 21.0 Å². The highest BCUT2D eigenvalue weighted by atomic mass is 32.2. The Morgan fingerprint density at radius 3 is 2.68 bits per heavy atom. The number of nitrogens with zero attached hydrogens (tertiary/aromatic N) is 4. The molecule has 3 heterocycles. The minimum absolute atomic E-state index is 0.252. The smallest absolute Gasteiger partial charge is 0.342 e. The van der Waals surface area contributed by atoms with Gasteiger partial charge in [0.2, 0.25) is 6.23 Å². The van der Waals surface area contributed by atoms with Crippen molar-refractivity contribution in [3.05, 3.63) is 47.2 Å². The number of hydroxylamine groups is 1. The lowest BCUT2D eigenvalue weighted by Gasteiger charge is -2.37. The molecule has 1 aromatic heterocycles. The van der Waals surface area contributed by atoms with Gasteiger partial charge in [-0.1, -0.05) is 6.92 Å². The summed E-state index contributed by atoms with van der Waals surface area (Å²) < 4.78 is 41.2. The van der Waals surface area contributed by atoms with E-state index in [1.54, 1.807) is 30.5 Å². The quantitative estimate of drug-likeness (QED) is 0.538. The van der Waals surface area contributed by atoms with Crippen molar-refractivity contribution < 1.29 is 27.0 Å². The van der Waals surface area contributed by atoms with E-state index in [4.69, 9.17) is 13.8 Å². The summed E-state index contributed by atoms with van der Waals surface area (Å²) in [7, 11) is 1.62. The van der Waals surface area contributed by atoms with Crippen LogP contribution in [-0.2, 0) is 25.6 Å². The molecule has 2 aliphatic heterocycles. The molecule has 1 unspecified atom stereocenters. The number of carbonyl (C=O) groups is 1. The van der Waals surface area contributed by atoms with E-state index < -0.39 is 22.3 Å². The van der Waals surface area contributed by atoms with E-state index in [9.17, 15) is 13.2 Å². The first-order valence-electron chi connectivity index (χ1n) is 11.1. The molecule has 10 nitrogen and oxygen atoms in total. The summed E-state index contributed by atoms with van der Waals surface area (Å²) in [6.45, 7) is 3.41. The topological polar surface area (TPSA) is 102 Å². The number of aryl methyl sites for hydroxylation is 1. The van der Waals surface area contributed by atoms with Crippen molar-refractivity contribution >= 4 is 27.6 Å². The number of hydrogen-bond donors (Lipinski definition) is 0. The normalized spacial score (nSPS) is 20.5. The van der Waals surface area contributed by atoms with Gasteiger partial charge in [0.05, 0.1) is 30.2 Å². The molecule has 1 fully saturated rings. The maximum atomic E-state index is 13.2. The van der Waals surface area contributed by atoms with Crippen LogP contribution < -0.4 is 14.7 Å². The minimum atomic E-state index is -3.96. The molecule has 11 heteroatoms. The predicted molar refractivity (Wildman–Crippen MR) is 127 cm³/mol. The zero-order valence-electron chi connectivity index (χ0n) is 20.0. The zero-order valence-corrected chi connectivity index (χ0v) is 20.8. The molecule has 2 aromatic rings. The van der Waals surface area contributed by atoms with Crippen molar-refractivity contribution in [2.75, 3.05) is 50.5 Å². The molecule has 0 saturated carbocycles. The number of cyclic esters (lactones) is 1. The van der Waals surface area contributed by atoms with E-state index in [-0.39, 0.29) is 11.3 Å². The molecule has 0 aliphatic carbocycles. The van der Waals surface area contributed by atoms with Gasteiger partial charge in [0, 0.05) is 31.4 Å². The summed E-state index contributed by atoms with van der Waals surface area (Å²) in [5.74, 6) is 0.537. The molecule has 184 valence electrons. The number of methoxy groups -OCH3 is 1. The molecule has 34 heavy (non-hydrogen) atoms. The SMILES string of the molecule is CCc1cc(OC)cc2c1C(=O)OC(c1cccnc1N1CC[C@H](N(C)C)C1)N2OS(C)(=O)=O. The van der Waals surface area contributed by atoms with Crippen LogP contribution in [0.25, 0.3) is 0 Å². The Labute approximate surface area is 200 Å². The molecule has 0 N–H and O–H groups in total. The van der Waals surface area contributed by atoms with Crippen molar-refractivity contribution in [1.29, 1.82) is 0 Å². The van der Waals surface area contributed by atoms with E-state index in [0.717, 1.165) is 30.8 Å². The lowest BCUT2D eigenvalue weighted by molar-refractivity contribution is 0.00268. The van der Waals surface area contributed by atoms with Gasteiger partial charge >= 0.3 is 5.97 Å². The van der Waals surface area contributed by atoms with Crippen molar-refractivity contribution in [3.8, 4) is 5.75 Å². The Balaban J connectivity index is 1.84. The second-order valence-corrected chi connectivity index (χ2v) is 10.2. The van der Waals surface area contributed by atoms with Crippen LogP contribution in [0.3, 0.4) is 0 Å². The third kappa shape index (κ3) is 4.68. The molecule has 4 rings (SSSR count). The number of ether oxygens (including phenoxy) is 2. The fraction of sp³-hybridized carbons (Fsp3) is 0.478. The standard InChI is InChI=1S/C23H30N4O6S/c1-6-15-12-17(31-4)13-19-20(15)23(28)32-22(27(19)33-34(5,29)30)18-8-7-10-24-21(18)26-11-9-16(14-26)25(2)3/h7-8,10,12-13,16,22H,6,9,11,14H2,1-5H3/t16-,22?/m0/s1.